The van der Waals surface area contributed by atoms with Gasteiger partial charge in [-0.2, -0.15) is 4.68 Å². The highest BCUT2D eigenvalue weighted by atomic mass is 19.2. The third-order valence-corrected chi connectivity index (χ3v) is 3.57. The van der Waals surface area contributed by atoms with Gasteiger partial charge >= 0.3 is 0 Å². The molecule has 0 radical (unpaired) electrons. The van der Waals surface area contributed by atoms with Crippen LogP contribution in [0.3, 0.4) is 0 Å². The second-order valence-electron chi connectivity index (χ2n) is 5.66. The van der Waals surface area contributed by atoms with Gasteiger partial charge in [0.1, 0.15) is 0 Å². The van der Waals surface area contributed by atoms with E-state index in [0.717, 1.165) is 23.3 Å². The van der Waals surface area contributed by atoms with Gasteiger partial charge in [0, 0.05) is 11.6 Å². The molecule has 0 aliphatic rings. The monoisotopic (exact) mass is 343 g/mol. The predicted octanol–water partition coefficient (Wildman–Crippen LogP) is 2.49. The number of rotatable bonds is 4. The molecule has 6 nitrogen and oxygen atoms in total. The first-order valence-electron chi connectivity index (χ1n) is 7.53. The predicted molar refractivity (Wildman–Crippen MR) is 86.2 cm³/mol. The minimum Gasteiger partial charge on any atom is -0.345 e. The molecule has 0 fully saturated rings. The molecule has 25 heavy (non-hydrogen) atoms. The highest BCUT2D eigenvalue weighted by Crippen LogP contribution is 2.13. The van der Waals surface area contributed by atoms with Crippen LogP contribution in [0, 0.1) is 25.5 Å². The van der Waals surface area contributed by atoms with Gasteiger partial charge in [-0.3, -0.25) is 4.79 Å². The fourth-order valence-corrected chi connectivity index (χ4v) is 2.50. The number of tetrazole rings is 1. The van der Waals surface area contributed by atoms with Crippen LogP contribution in [0.15, 0.2) is 36.4 Å². The summed E-state index contributed by atoms with van der Waals surface area (Å²) in [4.78, 5) is 12.3. The van der Waals surface area contributed by atoms with Gasteiger partial charge in [0.15, 0.2) is 17.5 Å². The van der Waals surface area contributed by atoms with Crippen LogP contribution in [0.2, 0.25) is 0 Å². The molecule has 0 saturated heterocycles. The average molecular weight is 343 g/mol. The van der Waals surface area contributed by atoms with Crippen LogP contribution in [0.5, 0.6) is 0 Å². The summed E-state index contributed by atoms with van der Waals surface area (Å²) < 4.78 is 27.7. The standard InChI is InChI=1S/C17H15F2N5O/c1-10-5-11(2)7-12(6-10)17(25)20-9-16-21-22-23-24(16)13-3-4-14(18)15(19)8-13/h3-8H,9H2,1-2H3,(H,20,25). The van der Waals surface area contributed by atoms with E-state index < -0.39 is 11.6 Å². The summed E-state index contributed by atoms with van der Waals surface area (Å²) in [6.45, 7) is 3.86. The lowest BCUT2D eigenvalue weighted by molar-refractivity contribution is 0.0949. The second kappa shape index (κ2) is 6.76. The van der Waals surface area contributed by atoms with E-state index in [1.54, 1.807) is 12.1 Å². The molecule has 2 aromatic carbocycles. The number of nitrogens with one attached hydrogen (secondary N) is 1. The molecule has 1 heterocycles. The molecule has 0 spiro atoms. The highest BCUT2D eigenvalue weighted by molar-refractivity contribution is 5.94. The van der Waals surface area contributed by atoms with Gasteiger partial charge in [-0.05, 0) is 48.5 Å². The lowest BCUT2D eigenvalue weighted by Crippen LogP contribution is -2.25. The number of hydrogen-bond donors (Lipinski definition) is 1. The SMILES string of the molecule is Cc1cc(C)cc(C(=O)NCc2nnnn2-c2ccc(F)c(F)c2)c1. The highest BCUT2D eigenvalue weighted by Gasteiger charge is 2.13. The van der Waals surface area contributed by atoms with Crippen molar-refractivity contribution in [1.29, 1.82) is 0 Å². The summed E-state index contributed by atoms with van der Waals surface area (Å²) in [5.41, 5.74) is 2.76. The van der Waals surface area contributed by atoms with E-state index in [-0.39, 0.29) is 18.1 Å². The Labute approximate surface area is 142 Å². The Morgan fingerprint density at radius 3 is 2.48 bits per heavy atom. The first kappa shape index (κ1) is 16.7. The van der Waals surface area contributed by atoms with Crippen molar-refractivity contribution in [3.63, 3.8) is 0 Å². The van der Waals surface area contributed by atoms with Gasteiger partial charge in [0.05, 0.1) is 12.2 Å². The molecule has 0 saturated carbocycles. The van der Waals surface area contributed by atoms with Crippen molar-refractivity contribution in [3.05, 3.63) is 70.5 Å². The van der Waals surface area contributed by atoms with E-state index in [9.17, 15) is 13.6 Å². The van der Waals surface area contributed by atoms with E-state index in [1.165, 1.54) is 10.7 Å². The number of aromatic nitrogens is 4. The van der Waals surface area contributed by atoms with Crippen molar-refractivity contribution >= 4 is 5.91 Å². The number of carbonyl (C=O) groups excluding carboxylic acids is 1. The summed E-state index contributed by atoms with van der Waals surface area (Å²) >= 11 is 0. The quantitative estimate of drug-likeness (QED) is 0.790. The zero-order chi connectivity index (χ0) is 18.0. The van der Waals surface area contributed by atoms with E-state index in [2.05, 4.69) is 20.8 Å². The molecule has 0 atom stereocenters. The maximum absolute atomic E-state index is 13.4. The molecule has 8 heteroatoms. The minimum absolute atomic E-state index is 0.0395. The maximum Gasteiger partial charge on any atom is 0.251 e. The summed E-state index contributed by atoms with van der Waals surface area (Å²) in [5.74, 6) is -1.94. The van der Waals surface area contributed by atoms with Gasteiger partial charge in [0.25, 0.3) is 5.91 Å². The third-order valence-electron chi connectivity index (χ3n) is 3.57. The Balaban J connectivity index is 1.77. The van der Waals surface area contributed by atoms with Crippen LogP contribution in [-0.2, 0) is 6.54 Å². The summed E-state index contributed by atoms with van der Waals surface area (Å²) in [5, 5.41) is 13.8. The van der Waals surface area contributed by atoms with Crippen molar-refractivity contribution in [1.82, 2.24) is 25.5 Å². The molecule has 3 rings (SSSR count). The van der Waals surface area contributed by atoms with E-state index in [4.69, 9.17) is 0 Å². The molecule has 1 N–H and O–H groups in total. The van der Waals surface area contributed by atoms with Crippen molar-refractivity contribution in [2.45, 2.75) is 20.4 Å². The Morgan fingerprint density at radius 2 is 1.80 bits per heavy atom. The van der Waals surface area contributed by atoms with Crippen LogP contribution in [0.25, 0.3) is 5.69 Å². The molecule has 1 amide bonds. The first-order valence-corrected chi connectivity index (χ1v) is 7.53. The minimum atomic E-state index is -1.00. The topological polar surface area (TPSA) is 72.7 Å². The van der Waals surface area contributed by atoms with Crippen LogP contribution in [-0.4, -0.2) is 26.1 Å². The van der Waals surface area contributed by atoms with Crippen LogP contribution >= 0.6 is 0 Å². The van der Waals surface area contributed by atoms with Crippen molar-refractivity contribution in [3.8, 4) is 5.69 Å². The fourth-order valence-electron chi connectivity index (χ4n) is 2.50. The lowest BCUT2D eigenvalue weighted by Gasteiger charge is -2.08. The number of hydrogen-bond acceptors (Lipinski definition) is 4. The first-order chi connectivity index (χ1) is 11.9. The Morgan fingerprint density at radius 1 is 1.08 bits per heavy atom. The van der Waals surface area contributed by atoms with E-state index in [1.807, 2.05) is 19.9 Å². The van der Waals surface area contributed by atoms with E-state index in [0.29, 0.717) is 11.4 Å². The molecule has 0 unspecified atom stereocenters. The van der Waals surface area contributed by atoms with Crippen LogP contribution < -0.4 is 5.32 Å². The average Bonchev–Trinajstić information content (AvgIpc) is 3.02. The molecular weight excluding hydrogens is 328 g/mol. The van der Waals surface area contributed by atoms with Crippen LogP contribution in [0.1, 0.15) is 27.3 Å². The van der Waals surface area contributed by atoms with Gasteiger partial charge in [-0.25, -0.2) is 8.78 Å². The summed E-state index contributed by atoms with van der Waals surface area (Å²) in [7, 11) is 0. The Hall–Kier alpha value is -3.16. The van der Waals surface area contributed by atoms with Gasteiger partial charge in [0.2, 0.25) is 0 Å². The third kappa shape index (κ3) is 3.68. The van der Waals surface area contributed by atoms with Crippen molar-refractivity contribution in [2.24, 2.45) is 0 Å². The second-order valence-corrected chi connectivity index (χ2v) is 5.66. The van der Waals surface area contributed by atoms with Crippen molar-refractivity contribution < 1.29 is 13.6 Å². The van der Waals surface area contributed by atoms with Gasteiger partial charge < -0.3 is 5.32 Å². The molecule has 0 aliphatic carbocycles. The summed E-state index contributed by atoms with van der Waals surface area (Å²) in [6.07, 6.45) is 0. The number of aryl methyl sites for hydroxylation is 2. The van der Waals surface area contributed by atoms with Gasteiger partial charge in [-0.1, -0.05) is 17.2 Å². The van der Waals surface area contributed by atoms with Crippen molar-refractivity contribution in [2.75, 3.05) is 0 Å². The molecule has 1 aromatic heterocycles. The van der Waals surface area contributed by atoms with E-state index >= 15 is 0 Å². The Bertz CT molecular complexity index is 918. The molecule has 128 valence electrons. The normalized spacial score (nSPS) is 10.7. The van der Waals surface area contributed by atoms with Crippen LogP contribution in [0.4, 0.5) is 8.78 Å². The molecule has 3 aromatic rings. The smallest absolute Gasteiger partial charge is 0.251 e. The number of nitrogens with zero attached hydrogens (tertiary/aromatic N) is 4. The zero-order valence-electron chi connectivity index (χ0n) is 13.6. The molecule has 0 aliphatic heterocycles. The maximum atomic E-state index is 13.4. The molecular formula is C17H15F2N5O. The Kier molecular flexibility index (Phi) is 4.51. The number of halogens is 2. The fraction of sp³-hybridized carbons (Fsp3) is 0.176. The number of benzene rings is 2. The largest absolute Gasteiger partial charge is 0.345 e. The lowest BCUT2D eigenvalue weighted by atomic mass is 10.1. The zero-order valence-corrected chi connectivity index (χ0v) is 13.6. The number of carbonyl (C=O) groups is 1. The summed E-state index contributed by atoms with van der Waals surface area (Å²) in [6, 6.07) is 8.86. The number of amides is 1. The molecule has 0 bridgehead atoms. The van der Waals surface area contributed by atoms with Gasteiger partial charge in [-0.15, -0.1) is 5.10 Å².